The first-order valence-corrected chi connectivity index (χ1v) is 7.65. The molecular weight excluding hydrogens is 314 g/mol. The van der Waals surface area contributed by atoms with E-state index < -0.39 is 11.5 Å². The highest BCUT2D eigenvalue weighted by atomic mass is 35.5. The van der Waals surface area contributed by atoms with Crippen LogP contribution in [-0.2, 0) is 0 Å². The summed E-state index contributed by atoms with van der Waals surface area (Å²) in [5, 5.41) is 3.12. The maximum absolute atomic E-state index is 12.2. The Morgan fingerprint density at radius 2 is 2.09 bits per heavy atom. The summed E-state index contributed by atoms with van der Waals surface area (Å²) in [7, 11) is 3.90. The van der Waals surface area contributed by atoms with Gasteiger partial charge in [-0.15, -0.1) is 0 Å². The summed E-state index contributed by atoms with van der Waals surface area (Å²) in [6, 6.07) is 9.51. The molecule has 1 amide bonds. The zero-order chi connectivity index (χ0) is 17.0. The van der Waals surface area contributed by atoms with Crippen molar-refractivity contribution in [2.45, 2.75) is 13.0 Å². The maximum Gasteiger partial charge on any atom is 0.260 e. The Morgan fingerprint density at radius 3 is 2.74 bits per heavy atom. The molecule has 0 bridgehead atoms. The Bertz CT molecular complexity index is 755. The molecule has 6 heteroatoms. The largest absolute Gasteiger partial charge is 0.350 e. The number of aryl methyl sites for hydroxylation is 1. The van der Waals surface area contributed by atoms with Crippen LogP contribution in [0.3, 0.4) is 0 Å². The van der Waals surface area contributed by atoms with Crippen molar-refractivity contribution in [1.29, 1.82) is 0 Å². The predicted octanol–water partition coefficient (Wildman–Crippen LogP) is 2.37. The van der Waals surface area contributed by atoms with Crippen LogP contribution in [0.5, 0.6) is 0 Å². The van der Waals surface area contributed by atoms with Gasteiger partial charge in [0, 0.05) is 12.7 Å². The van der Waals surface area contributed by atoms with Crippen LogP contribution in [0, 0.1) is 6.92 Å². The number of amides is 1. The molecule has 122 valence electrons. The molecule has 0 aliphatic carbocycles. The van der Waals surface area contributed by atoms with E-state index in [0.717, 1.165) is 11.1 Å². The van der Waals surface area contributed by atoms with Gasteiger partial charge in [-0.05, 0) is 32.6 Å². The fourth-order valence-corrected chi connectivity index (χ4v) is 2.55. The smallest absolute Gasteiger partial charge is 0.260 e. The van der Waals surface area contributed by atoms with Crippen LogP contribution in [-0.4, -0.2) is 36.4 Å². The van der Waals surface area contributed by atoms with Crippen LogP contribution in [0.2, 0.25) is 5.02 Å². The van der Waals surface area contributed by atoms with E-state index in [9.17, 15) is 9.59 Å². The van der Waals surface area contributed by atoms with Crippen LogP contribution in [0.15, 0.2) is 41.3 Å². The van der Waals surface area contributed by atoms with Gasteiger partial charge in [-0.1, -0.05) is 41.4 Å². The number of hydrogen-bond acceptors (Lipinski definition) is 3. The van der Waals surface area contributed by atoms with Crippen LogP contribution < -0.4 is 10.9 Å². The standard InChI is InChI=1S/C17H20ClN3O2/c1-11-5-4-6-12(7-11)15(21(2)3)10-20-17(23)14-8-13(18)9-19-16(14)22/h4-9,15H,10H2,1-3H3,(H,19,22)(H,20,23). The van der Waals surface area contributed by atoms with Gasteiger partial charge in [0.2, 0.25) is 0 Å². The molecule has 2 N–H and O–H groups in total. The van der Waals surface area contributed by atoms with E-state index in [1.807, 2.05) is 44.1 Å². The van der Waals surface area contributed by atoms with Gasteiger partial charge in [-0.25, -0.2) is 0 Å². The van der Waals surface area contributed by atoms with Gasteiger partial charge in [0.1, 0.15) is 5.56 Å². The fourth-order valence-electron chi connectivity index (χ4n) is 2.39. The number of carbonyl (C=O) groups is 1. The maximum atomic E-state index is 12.2. The number of aromatic amines is 1. The molecule has 0 aliphatic rings. The van der Waals surface area contributed by atoms with E-state index in [-0.39, 0.29) is 11.6 Å². The lowest BCUT2D eigenvalue weighted by molar-refractivity contribution is 0.0940. The van der Waals surface area contributed by atoms with Crippen molar-refractivity contribution in [3.8, 4) is 0 Å². The first-order valence-electron chi connectivity index (χ1n) is 7.28. The van der Waals surface area contributed by atoms with Gasteiger partial charge in [0.15, 0.2) is 0 Å². The molecule has 0 saturated carbocycles. The second-order valence-electron chi connectivity index (χ2n) is 5.66. The van der Waals surface area contributed by atoms with E-state index in [1.165, 1.54) is 12.3 Å². The molecule has 2 rings (SSSR count). The van der Waals surface area contributed by atoms with Crippen molar-refractivity contribution in [1.82, 2.24) is 15.2 Å². The van der Waals surface area contributed by atoms with Crippen molar-refractivity contribution >= 4 is 17.5 Å². The molecule has 23 heavy (non-hydrogen) atoms. The molecule has 0 spiro atoms. The number of halogens is 1. The van der Waals surface area contributed by atoms with Gasteiger partial charge in [0.05, 0.1) is 11.1 Å². The monoisotopic (exact) mass is 333 g/mol. The summed E-state index contributed by atoms with van der Waals surface area (Å²) in [4.78, 5) is 28.4. The minimum absolute atomic E-state index is 0.0112. The Hall–Kier alpha value is -2.11. The molecule has 0 radical (unpaired) electrons. The lowest BCUT2D eigenvalue weighted by atomic mass is 10.0. The molecule has 1 unspecified atom stereocenters. The van der Waals surface area contributed by atoms with E-state index in [2.05, 4.69) is 16.4 Å². The van der Waals surface area contributed by atoms with E-state index in [1.54, 1.807) is 0 Å². The van der Waals surface area contributed by atoms with Gasteiger partial charge in [-0.2, -0.15) is 0 Å². The summed E-state index contributed by atoms with van der Waals surface area (Å²) in [6.45, 7) is 2.42. The Morgan fingerprint density at radius 1 is 1.35 bits per heavy atom. The summed E-state index contributed by atoms with van der Waals surface area (Å²) < 4.78 is 0. The van der Waals surface area contributed by atoms with Gasteiger partial charge >= 0.3 is 0 Å². The second-order valence-corrected chi connectivity index (χ2v) is 6.10. The molecule has 5 nitrogen and oxygen atoms in total. The molecule has 1 aromatic heterocycles. The molecule has 0 aliphatic heterocycles. The summed E-state index contributed by atoms with van der Waals surface area (Å²) in [5.74, 6) is -0.437. The van der Waals surface area contributed by atoms with Crippen LogP contribution >= 0.6 is 11.6 Å². The minimum atomic E-state index is -0.455. The Balaban J connectivity index is 2.14. The minimum Gasteiger partial charge on any atom is -0.350 e. The SMILES string of the molecule is Cc1cccc(C(CNC(=O)c2cc(Cl)c[nH]c2=O)N(C)C)c1. The highest BCUT2D eigenvalue weighted by molar-refractivity contribution is 6.30. The number of aromatic nitrogens is 1. The lowest BCUT2D eigenvalue weighted by Crippen LogP contribution is -2.36. The summed E-state index contributed by atoms with van der Waals surface area (Å²) >= 11 is 5.83. The first-order chi connectivity index (χ1) is 10.9. The van der Waals surface area contributed by atoms with Crippen molar-refractivity contribution < 1.29 is 4.79 Å². The molecule has 1 atom stereocenters. The molecule has 0 saturated heterocycles. The van der Waals surface area contributed by atoms with Crippen molar-refractivity contribution in [2.75, 3.05) is 20.6 Å². The number of pyridine rings is 1. The normalized spacial score (nSPS) is 12.2. The quantitative estimate of drug-likeness (QED) is 0.883. The number of benzene rings is 1. The van der Waals surface area contributed by atoms with Crippen molar-refractivity contribution in [3.05, 3.63) is 68.6 Å². The van der Waals surface area contributed by atoms with Crippen molar-refractivity contribution in [2.24, 2.45) is 0 Å². The number of likely N-dealkylation sites (N-methyl/N-ethyl adjacent to an activating group) is 1. The third-order valence-corrected chi connectivity index (χ3v) is 3.84. The zero-order valence-corrected chi connectivity index (χ0v) is 14.1. The lowest BCUT2D eigenvalue weighted by Gasteiger charge is -2.25. The number of nitrogens with one attached hydrogen (secondary N) is 2. The fraction of sp³-hybridized carbons (Fsp3) is 0.294. The zero-order valence-electron chi connectivity index (χ0n) is 13.4. The second kappa shape index (κ2) is 7.44. The molecule has 1 heterocycles. The molecular formula is C17H20ClN3O2. The topological polar surface area (TPSA) is 65.2 Å². The molecule has 2 aromatic rings. The third kappa shape index (κ3) is 4.43. The van der Waals surface area contributed by atoms with Gasteiger partial charge in [-0.3, -0.25) is 9.59 Å². The number of rotatable bonds is 5. The number of H-pyrrole nitrogens is 1. The van der Waals surface area contributed by atoms with E-state index in [0.29, 0.717) is 11.6 Å². The van der Waals surface area contributed by atoms with Crippen LogP contribution in [0.1, 0.15) is 27.5 Å². The summed E-state index contributed by atoms with van der Waals surface area (Å²) in [5.41, 5.74) is 1.82. The number of carbonyl (C=O) groups excluding carboxylic acids is 1. The average Bonchev–Trinajstić information content (AvgIpc) is 2.49. The van der Waals surface area contributed by atoms with Crippen LogP contribution in [0.4, 0.5) is 0 Å². The highest BCUT2D eigenvalue weighted by Crippen LogP contribution is 2.18. The van der Waals surface area contributed by atoms with Gasteiger partial charge in [0.25, 0.3) is 11.5 Å². The number of hydrogen-bond donors (Lipinski definition) is 2. The Kier molecular flexibility index (Phi) is 5.58. The first kappa shape index (κ1) is 17.2. The predicted molar refractivity (Wildman–Crippen MR) is 92.0 cm³/mol. The highest BCUT2D eigenvalue weighted by Gasteiger charge is 2.17. The number of nitrogens with zero attached hydrogens (tertiary/aromatic N) is 1. The average molecular weight is 334 g/mol. The van der Waals surface area contributed by atoms with Crippen molar-refractivity contribution in [3.63, 3.8) is 0 Å². The van der Waals surface area contributed by atoms with Crippen LogP contribution in [0.25, 0.3) is 0 Å². The molecule has 1 aromatic carbocycles. The van der Waals surface area contributed by atoms with Gasteiger partial charge < -0.3 is 15.2 Å². The molecule has 0 fully saturated rings. The summed E-state index contributed by atoms with van der Waals surface area (Å²) in [6.07, 6.45) is 1.36. The van der Waals surface area contributed by atoms with E-state index in [4.69, 9.17) is 11.6 Å². The third-order valence-electron chi connectivity index (χ3n) is 3.62. The van der Waals surface area contributed by atoms with E-state index >= 15 is 0 Å². The Labute approximate surface area is 140 Å².